The van der Waals surface area contributed by atoms with Crippen molar-refractivity contribution in [2.45, 2.75) is 0 Å². The molecular formula is C10H26Cl2N2O3. The summed E-state index contributed by atoms with van der Waals surface area (Å²) in [5, 5.41) is 26.6. The topological polar surface area (TPSA) is 63.9 Å². The van der Waals surface area contributed by atoms with Crippen molar-refractivity contribution in [1.82, 2.24) is 4.90 Å². The molecule has 0 aliphatic heterocycles. The summed E-state index contributed by atoms with van der Waals surface area (Å²) in [5.74, 6) is 0. The van der Waals surface area contributed by atoms with Crippen LogP contribution in [0.3, 0.4) is 0 Å². The van der Waals surface area contributed by atoms with Crippen LogP contribution < -0.4 is 12.4 Å². The Morgan fingerprint density at radius 1 is 0.882 bits per heavy atom. The Labute approximate surface area is 116 Å². The van der Waals surface area contributed by atoms with Crippen LogP contribution in [0.1, 0.15) is 0 Å². The summed E-state index contributed by atoms with van der Waals surface area (Å²) >= 11 is 0. The third kappa shape index (κ3) is 11.2. The Morgan fingerprint density at radius 3 is 1.71 bits per heavy atom. The van der Waals surface area contributed by atoms with Crippen LogP contribution in [-0.4, -0.2) is 91.3 Å². The molecule has 17 heavy (non-hydrogen) atoms. The molecule has 0 aromatic carbocycles. The van der Waals surface area contributed by atoms with Gasteiger partial charge in [0.2, 0.25) is 0 Å². The lowest BCUT2D eigenvalue weighted by atomic mass is 10.3. The molecule has 7 heteroatoms. The van der Waals surface area contributed by atoms with Crippen molar-refractivity contribution >= 4 is 12.4 Å². The number of hydrogen-bond acceptors (Lipinski definition) is 4. The van der Waals surface area contributed by atoms with Gasteiger partial charge in [-0.05, 0) is 7.05 Å². The van der Waals surface area contributed by atoms with Gasteiger partial charge in [0.1, 0.15) is 13.1 Å². The summed E-state index contributed by atoms with van der Waals surface area (Å²) in [6.45, 7) is 4.16. The Hall–Kier alpha value is 0.380. The molecule has 0 bridgehead atoms. The highest BCUT2D eigenvalue weighted by Crippen LogP contribution is 2.01. The zero-order valence-corrected chi connectivity index (χ0v) is 12.3. The van der Waals surface area contributed by atoms with E-state index in [0.717, 1.165) is 13.1 Å². The maximum atomic E-state index is 8.95. The van der Waals surface area contributed by atoms with E-state index in [1.54, 1.807) is 0 Å². The Kier molecular flexibility index (Phi) is 17.0. The summed E-state index contributed by atoms with van der Waals surface area (Å²) in [7, 11) is 3.98. The van der Waals surface area contributed by atoms with Crippen molar-refractivity contribution in [1.29, 1.82) is 0 Å². The molecule has 0 fully saturated rings. The second kappa shape index (κ2) is 12.8. The quantitative estimate of drug-likeness (QED) is 0.377. The van der Waals surface area contributed by atoms with Crippen LogP contribution in [0.2, 0.25) is 0 Å². The van der Waals surface area contributed by atoms with Crippen LogP contribution in [-0.2, 0) is 0 Å². The van der Waals surface area contributed by atoms with Gasteiger partial charge in [-0.25, -0.2) is 0 Å². The average molecular weight is 293 g/mol. The number of halogens is 2. The van der Waals surface area contributed by atoms with Crippen LogP contribution in [0.15, 0.2) is 0 Å². The van der Waals surface area contributed by atoms with E-state index in [1.807, 2.05) is 19.0 Å². The molecule has 0 aliphatic carbocycles. The Bertz CT molecular complexity index is 158. The van der Waals surface area contributed by atoms with Crippen molar-refractivity contribution in [2.75, 3.05) is 66.6 Å². The van der Waals surface area contributed by atoms with Crippen molar-refractivity contribution in [3.63, 3.8) is 0 Å². The first-order valence-electron chi connectivity index (χ1n) is 5.42. The Morgan fingerprint density at radius 2 is 1.35 bits per heavy atom. The molecule has 0 unspecified atom stereocenters. The highest BCUT2D eigenvalue weighted by molar-refractivity contribution is 5.85. The molecule has 0 aromatic heterocycles. The van der Waals surface area contributed by atoms with Crippen molar-refractivity contribution < 1.29 is 32.2 Å². The first-order chi connectivity index (χ1) is 7.08. The van der Waals surface area contributed by atoms with Gasteiger partial charge in [0, 0.05) is 13.1 Å². The minimum Gasteiger partial charge on any atom is -1.00 e. The summed E-state index contributed by atoms with van der Waals surface area (Å²) < 4.78 is 0.669. The van der Waals surface area contributed by atoms with Crippen molar-refractivity contribution in [3.05, 3.63) is 0 Å². The molecule has 0 atom stereocenters. The lowest BCUT2D eigenvalue weighted by Crippen LogP contribution is -3.00. The standard InChI is InChI=1S/C10H25N2O3.2ClH/c1-11(4-8-13)3-5-12(2,6-9-14)7-10-15;;/h13-15H,3-10H2,1-2H3;2*1H/q+1;;/p-1. The van der Waals surface area contributed by atoms with E-state index in [2.05, 4.69) is 0 Å². The van der Waals surface area contributed by atoms with Crippen LogP contribution in [0, 0.1) is 0 Å². The average Bonchev–Trinajstić information content (AvgIpc) is 2.16. The molecular weight excluding hydrogens is 267 g/mol. The van der Waals surface area contributed by atoms with Gasteiger partial charge in [0.05, 0.1) is 33.4 Å². The van der Waals surface area contributed by atoms with Gasteiger partial charge in [-0.1, -0.05) is 0 Å². The SMILES string of the molecule is CN(CCO)CC[N+](C)(CCO)CCO.Cl.[Cl-]. The maximum absolute atomic E-state index is 8.95. The van der Waals surface area contributed by atoms with Gasteiger partial charge < -0.3 is 32.2 Å². The minimum atomic E-state index is 0. The second-order valence-electron chi connectivity index (χ2n) is 4.26. The number of aliphatic hydroxyl groups is 3. The predicted molar refractivity (Wildman–Crippen MR) is 66.8 cm³/mol. The first-order valence-corrected chi connectivity index (χ1v) is 5.42. The van der Waals surface area contributed by atoms with Gasteiger partial charge in [-0.15, -0.1) is 12.4 Å². The smallest absolute Gasteiger partial charge is 0.102 e. The molecule has 0 radical (unpaired) electrons. The predicted octanol–water partition coefficient (Wildman–Crippen LogP) is -4.23. The zero-order chi connectivity index (χ0) is 11.7. The van der Waals surface area contributed by atoms with Gasteiger partial charge >= 0.3 is 0 Å². The number of quaternary nitrogens is 1. The monoisotopic (exact) mass is 292 g/mol. The van der Waals surface area contributed by atoms with Crippen molar-refractivity contribution in [3.8, 4) is 0 Å². The Balaban J connectivity index is -0.000000980. The van der Waals surface area contributed by atoms with E-state index < -0.39 is 0 Å². The van der Waals surface area contributed by atoms with Gasteiger partial charge in [0.15, 0.2) is 0 Å². The number of rotatable bonds is 9. The van der Waals surface area contributed by atoms with Crippen LogP contribution in [0.25, 0.3) is 0 Å². The number of hydrogen-bond donors (Lipinski definition) is 3. The third-order valence-corrected chi connectivity index (χ3v) is 2.78. The fourth-order valence-corrected chi connectivity index (χ4v) is 1.51. The number of nitrogens with zero attached hydrogens (tertiary/aromatic N) is 2. The normalized spacial score (nSPS) is 10.9. The molecule has 0 rings (SSSR count). The van der Waals surface area contributed by atoms with Crippen LogP contribution in [0.5, 0.6) is 0 Å². The maximum Gasteiger partial charge on any atom is 0.102 e. The van der Waals surface area contributed by atoms with Gasteiger partial charge in [-0.2, -0.15) is 0 Å². The van der Waals surface area contributed by atoms with E-state index >= 15 is 0 Å². The van der Waals surface area contributed by atoms with Crippen LogP contribution >= 0.6 is 12.4 Å². The lowest BCUT2D eigenvalue weighted by Gasteiger charge is -2.34. The molecule has 0 aromatic rings. The van der Waals surface area contributed by atoms with E-state index in [-0.39, 0.29) is 44.6 Å². The lowest BCUT2D eigenvalue weighted by molar-refractivity contribution is -0.909. The molecule has 0 spiro atoms. The fraction of sp³-hybridized carbons (Fsp3) is 1.00. The molecule has 0 amide bonds. The van der Waals surface area contributed by atoms with Crippen molar-refractivity contribution in [2.24, 2.45) is 0 Å². The third-order valence-electron chi connectivity index (χ3n) is 2.78. The van der Waals surface area contributed by atoms with Crippen LogP contribution in [0.4, 0.5) is 0 Å². The van der Waals surface area contributed by atoms with E-state index in [9.17, 15) is 0 Å². The summed E-state index contributed by atoms with van der Waals surface area (Å²) in [5.41, 5.74) is 0. The van der Waals surface area contributed by atoms with E-state index in [4.69, 9.17) is 15.3 Å². The summed E-state index contributed by atoms with van der Waals surface area (Å²) in [6.07, 6.45) is 0. The zero-order valence-electron chi connectivity index (χ0n) is 10.7. The largest absolute Gasteiger partial charge is 1.00 e. The molecule has 0 heterocycles. The summed E-state index contributed by atoms with van der Waals surface area (Å²) in [6, 6.07) is 0. The van der Waals surface area contributed by atoms with E-state index in [0.29, 0.717) is 24.1 Å². The summed E-state index contributed by atoms with van der Waals surface area (Å²) in [4.78, 5) is 2.05. The van der Waals surface area contributed by atoms with E-state index in [1.165, 1.54) is 0 Å². The number of aliphatic hydroxyl groups excluding tert-OH is 3. The molecule has 108 valence electrons. The second-order valence-corrected chi connectivity index (χ2v) is 4.26. The van der Waals surface area contributed by atoms with Gasteiger partial charge in [0.25, 0.3) is 0 Å². The highest BCUT2D eigenvalue weighted by Gasteiger charge is 2.20. The fourth-order valence-electron chi connectivity index (χ4n) is 1.51. The highest BCUT2D eigenvalue weighted by atomic mass is 35.5. The molecule has 3 N–H and O–H groups in total. The molecule has 0 saturated heterocycles. The minimum absolute atomic E-state index is 0. The molecule has 5 nitrogen and oxygen atoms in total. The number of likely N-dealkylation sites (N-methyl/N-ethyl adjacent to an activating group) is 2. The molecule has 0 aliphatic rings. The van der Waals surface area contributed by atoms with Gasteiger partial charge in [-0.3, -0.25) is 4.90 Å². The molecule has 0 saturated carbocycles. The first kappa shape index (κ1) is 22.6.